The summed E-state index contributed by atoms with van der Waals surface area (Å²) in [4.78, 5) is 25.3. The van der Waals surface area contributed by atoms with Crippen LogP contribution in [0.5, 0.6) is 0 Å². The predicted octanol–water partition coefficient (Wildman–Crippen LogP) is 0.789. The first-order valence-electron chi connectivity index (χ1n) is 5.83. The number of aromatic amines is 1. The van der Waals surface area contributed by atoms with Gasteiger partial charge in [0.15, 0.2) is 0 Å². The summed E-state index contributed by atoms with van der Waals surface area (Å²) < 4.78 is 44.2. The second kappa shape index (κ2) is 5.98. The Bertz CT molecular complexity index is 531. The Morgan fingerprint density at radius 2 is 1.90 bits per heavy atom. The van der Waals surface area contributed by atoms with Crippen LogP contribution < -0.4 is 15.6 Å². The van der Waals surface area contributed by atoms with Gasteiger partial charge in [0.2, 0.25) is 5.91 Å². The lowest BCUT2D eigenvalue weighted by Gasteiger charge is -2.29. The van der Waals surface area contributed by atoms with E-state index in [9.17, 15) is 22.8 Å². The van der Waals surface area contributed by atoms with Gasteiger partial charge >= 0.3 is 17.8 Å². The van der Waals surface area contributed by atoms with Crippen molar-refractivity contribution in [2.45, 2.75) is 25.7 Å². The lowest BCUT2D eigenvalue weighted by molar-refractivity contribution is -0.363. The third-order valence-corrected chi connectivity index (χ3v) is 2.57. The van der Waals surface area contributed by atoms with Crippen molar-refractivity contribution in [1.82, 2.24) is 5.32 Å². The number of hydrogen-bond acceptors (Lipinski definition) is 4. The van der Waals surface area contributed by atoms with Gasteiger partial charge in [-0.2, -0.15) is 13.2 Å². The fraction of sp³-hybridized carbons (Fsp3) is 0.417. The Morgan fingerprint density at radius 3 is 2.29 bits per heavy atom. The Kier molecular flexibility index (Phi) is 4.77. The van der Waals surface area contributed by atoms with Crippen LogP contribution in [0, 0.1) is 6.92 Å². The van der Waals surface area contributed by atoms with Crippen LogP contribution >= 0.6 is 0 Å². The van der Waals surface area contributed by atoms with E-state index in [1.807, 2.05) is 5.32 Å². The van der Waals surface area contributed by atoms with E-state index in [0.717, 1.165) is 19.6 Å². The number of halogens is 3. The van der Waals surface area contributed by atoms with Crippen molar-refractivity contribution in [3.8, 4) is 0 Å². The molecule has 1 amide bonds. The number of nitrogens with one attached hydrogen (secondary N) is 3. The highest BCUT2D eigenvalue weighted by molar-refractivity contribution is 5.90. The number of methoxy groups -OCH3 is 1. The second-order valence-electron chi connectivity index (χ2n) is 4.33. The zero-order valence-electron chi connectivity index (χ0n) is 11.6. The molecule has 21 heavy (non-hydrogen) atoms. The van der Waals surface area contributed by atoms with Gasteiger partial charge < -0.3 is 4.74 Å². The van der Waals surface area contributed by atoms with Gasteiger partial charge in [0.1, 0.15) is 0 Å². The minimum absolute atomic E-state index is 0.114. The quantitative estimate of drug-likeness (QED) is 0.636. The molecule has 0 aromatic carbocycles. The minimum Gasteiger partial charge on any atom is -0.464 e. The maximum atomic E-state index is 13.3. The molecule has 0 bridgehead atoms. The lowest BCUT2D eigenvalue weighted by atomic mass is 10.1. The third-order valence-electron chi connectivity index (χ3n) is 2.57. The van der Waals surface area contributed by atoms with E-state index in [2.05, 4.69) is 9.72 Å². The number of rotatable bonds is 4. The normalized spacial score (nSPS) is 14.0. The average Bonchev–Trinajstić information content (AvgIpc) is 2.37. The summed E-state index contributed by atoms with van der Waals surface area (Å²) in [6, 6.07) is 2.84. The highest BCUT2D eigenvalue weighted by Gasteiger charge is 2.67. The van der Waals surface area contributed by atoms with Crippen molar-refractivity contribution in [3.05, 3.63) is 23.9 Å². The first kappa shape index (κ1) is 16.7. The number of alkyl halides is 3. The van der Waals surface area contributed by atoms with Crippen LogP contribution in [0.25, 0.3) is 0 Å². The summed E-state index contributed by atoms with van der Waals surface area (Å²) in [5.41, 5.74) is -2.60. The number of ether oxygens (including phenoxy) is 1. The molecule has 1 aromatic heterocycles. The molecule has 9 heteroatoms. The standard InChI is InChI=1S/C12H14F3N3O3/c1-7-4-5-9(16-6-7)18-11(10(20)21-3,12(13,14)15)17-8(2)19/h4-6H,1-3H3,(H,16,18)(H,17,19)/p+1/t11-/m0/s1. The number of carbonyl (C=O) groups is 2. The third kappa shape index (κ3) is 3.61. The monoisotopic (exact) mass is 306 g/mol. The van der Waals surface area contributed by atoms with E-state index in [0.29, 0.717) is 0 Å². The number of aryl methyl sites for hydroxylation is 1. The van der Waals surface area contributed by atoms with Gasteiger partial charge in [0.25, 0.3) is 5.82 Å². The molecule has 1 aromatic rings. The molecule has 0 aliphatic rings. The molecule has 0 saturated carbocycles. The Morgan fingerprint density at radius 1 is 1.29 bits per heavy atom. The van der Waals surface area contributed by atoms with Gasteiger partial charge in [-0.25, -0.2) is 15.1 Å². The van der Waals surface area contributed by atoms with Crippen LogP contribution in [0.3, 0.4) is 0 Å². The Hall–Kier alpha value is -2.32. The van der Waals surface area contributed by atoms with E-state index >= 15 is 0 Å². The summed E-state index contributed by atoms with van der Waals surface area (Å²) in [5, 5.41) is 3.53. The smallest absolute Gasteiger partial charge is 0.464 e. The van der Waals surface area contributed by atoms with Crippen LogP contribution in [0.2, 0.25) is 0 Å². The average molecular weight is 306 g/mol. The van der Waals surface area contributed by atoms with E-state index in [-0.39, 0.29) is 5.82 Å². The highest BCUT2D eigenvalue weighted by Crippen LogP contribution is 2.32. The van der Waals surface area contributed by atoms with Crippen molar-refractivity contribution in [2.24, 2.45) is 0 Å². The van der Waals surface area contributed by atoms with E-state index in [1.54, 1.807) is 12.2 Å². The molecule has 0 spiro atoms. The maximum Gasteiger partial charge on any atom is 0.464 e. The first-order chi connectivity index (χ1) is 9.62. The van der Waals surface area contributed by atoms with E-state index in [4.69, 9.17) is 0 Å². The molecule has 0 fully saturated rings. The van der Waals surface area contributed by atoms with Gasteiger partial charge in [-0.15, -0.1) is 0 Å². The Balaban J connectivity index is 3.30. The molecule has 116 valence electrons. The van der Waals surface area contributed by atoms with Crippen molar-refractivity contribution in [2.75, 3.05) is 12.4 Å². The lowest BCUT2D eigenvalue weighted by Crippen LogP contribution is -2.69. The number of pyridine rings is 1. The highest BCUT2D eigenvalue weighted by atomic mass is 19.4. The van der Waals surface area contributed by atoms with Gasteiger partial charge in [-0.1, -0.05) is 0 Å². The van der Waals surface area contributed by atoms with E-state index in [1.165, 1.54) is 18.3 Å². The SMILES string of the molecule is COC(=O)[C@](NC(C)=O)(Nc1ccc(C)c[nH+]1)C(F)(F)F. The molecule has 0 radical (unpaired) electrons. The van der Waals surface area contributed by atoms with Crippen LogP contribution in [0.4, 0.5) is 19.0 Å². The number of anilines is 1. The van der Waals surface area contributed by atoms with Crippen molar-refractivity contribution >= 4 is 17.7 Å². The number of H-pyrrole nitrogens is 1. The number of carbonyl (C=O) groups excluding carboxylic acids is 2. The molecule has 1 atom stereocenters. The molecular weight excluding hydrogens is 291 g/mol. The van der Waals surface area contributed by atoms with Crippen molar-refractivity contribution in [3.63, 3.8) is 0 Å². The number of aromatic nitrogens is 1. The fourth-order valence-corrected chi connectivity index (χ4v) is 1.59. The molecule has 6 nitrogen and oxygen atoms in total. The molecule has 1 heterocycles. The Labute approximate surface area is 118 Å². The molecular formula is C12H15F3N3O3+. The van der Waals surface area contributed by atoms with Gasteiger partial charge in [-0.3, -0.25) is 10.1 Å². The van der Waals surface area contributed by atoms with Crippen LogP contribution in [0.15, 0.2) is 18.3 Å². The summed E-state index contributed by atoms with van der Waals surface area (Å²) >= 11 is 0. The zero-order chi connectivity index (χ0) is 16.3. The van der Waals surface area contributed by atoms with Crippen molar-refractivity contribution in [1.29, 1.82) is 0 Å². The number of hydrogen-bond donors (Lipinski definition) is 2. The molecule has 0 aliphatic heterocycles. The maximum absolute atomic E-state index is 13.3. The predicted molar refractivity (Wildman–Crippen MR) is 66.0 cm³/mol. The fourth-order valence-electron chi connectivity index (χ4n) is 1.59. The van der Waals surface area contributed by atoms with Gasteiger partial charge in [0, 0.05) is 13.0 Å². The van der Waals surface area contributed by atoms with Gasteiger partial charge in [0.05, 0.1) is 13.3 Å². The van der Waals surface area contributed by atoms with Crippen LogP contribution in [-0.4, -0.2) is 30.8 Å². The van der Waals surface area contributed by atoms with E-state index < -0.39 is 23.7 Å². The van der Waals surface area contributed by atoms with Crippen LogP contribution in [-0.2, 0) is 14.3 Å². The summed E-state index contributed by atoms with van der Waals surface area (Å²) in [7, 11) is 0.797. The molecule has 0 saturated heterocycles. The summed E-state index contributed by atoms with van der Waals surface area (Å²) in [6.07, 6.45) is -3.68. The molecule has 0 unspecified atom stereocenters. The number of amides is 1. The summed E-state index contributed by atoms with van der Waals surface area (Å²) in [5.74, 6) is -2.84. The van der Waals surface area contributed by atoms with Crippen LogP contribution in [0.1, 0.15) is 12.5 Å². The summed E-state index contributed by atoms with van der Waals surface area (Å²) in [6.45, 7) is 2.59. The minimum atomic E-state index is -5.12. The number of esters is 1. The zero-order valence-corrected chi connectivity index (χ0v) is 11.6. The van der Waals surface area contributed by atoms with Crippen molar-refractivity contribution < 1.29 is 32.5 Å². The topological polar surface area (TPSA) is 81.6 Å². The molecule has 1 rings (SSSR count). The second-order valence-corrected chi connectivity index (χ2v) is 4.33. The largest absolute Gasteiger partial charge is 0.464 e. The first-order valence-corrected chi connectivity index (χ1v) is 5.83. The van der Waals surface area contributed by atoms with Gasteiger partial charge in [-0.05, 0) is 18.6 Å². The molecule has 0 aliphatic carbocycles. The molecule has 3 N–H and O–H groups in total.